The van der Waals surface area contributed by atoms with Crippen LogP contribution in [0.25, 0.3) is 0 Å². The number of hydrogen-bond acceptors (Lipinski definition) is 4. The summed E-state index contributed by atoms with van der Waals surface area (Å²) in [5.41, 5.74) is 1.46. The number of hydrogen-bond donors (Lipinski definition) is 2. The van der Waals surface area contributed by atoms with Gasteiger partial charge in [-0.3, -0.25) is 4.98 Å². The Balaban J connectivity index is 1.85. The molecule has 0 saturated heterocycles. The maximum Gasteiger partial charge on any atom is 0.319 e. The Labute approximate surface area is 149 Å². The first kappa shape index (κ1) is 18.7. The molecule has 2 aromatic rings. The van der Waals surface area contributed by atoms with Gasteiger partial charge in [-0.05, 0) is 37.4 Å². The lowest BCUT2D eigenvalue weighted by Gasteiger charge is -2.19. The Morgan fingerprint density at radius 3 is 2.60 bits per heavy atom. The Morgan fingerprint density at radius 2 is 1.88 bits per heavy atom. The second-order valence-electron chi connectivity index (χ2n) is 5.50. The summed E-state index contributed by atoms with van der Waals surface area (Å²) in [5, 5.41) is 5.62. The zero-order valence-electron chi connectivity index (χ0n) is 14.9. The van der Waals surface area contributed by atoms with Gasteiger partial charge in [0.2, 0.25) is 0 Å². The lowest BCUT2D eigenvalue weighted by Crippen LogP contribution is -2.29. The summed E-state index contributed by atoms with van der Waals surface area (Å²) in [5.74, 6) is 0.669. The second kappa shape index (κ2) is 10.3. The zero-order valence-corrected chi connectivity index (χ0v) is 14.9. The summed E-state index contributed by atoms with van der Waals surface area (Å²) in [6, 6.07) is 12.8. The molecular formula is C19H26N4O2. The largest absolute Gasteiger partial charge is 0.490 e. The van der Waals surface area contributed by atoms with Crippen molar-refractivity contribution in [2.45, 2.75) is 20.4 Å². The number of carbonyl (C=O) groups excluding carboxylic acids is 1. The highest BCUT2D eigenvalue weighted by molar-refractivity contribution is 5.90. The summed E-state index contributed by atoms with van der Waals surface area (Å²) in [7, 11) is 0. The van der Waals surface area contributed by atoms with Crippen molar-refractivity contribution in [1.82, 2.24) is 15.2 Å². The third-order valence-electron chi connectivity index (χ3n) is 3.85. The number of nitrogens with zero attached hydrogens (tertiary/aromatic N) is 2. The summed E-state index contributed by atoms with van der Waals surface area (Å²) in [4.78, 5) is 18.6. The number of benzene rings is 1. The molecule has 1 aromatic heterocycles. The first-order chi connectivity index (χ1) is 12.2. The van der Waals surface area contributed by atoms with Gasteiger partial charge < -0.3 is 20.3 Å². The fourth-order valence-electron chi connectivity index (χ4n) is 2.36. The number of carbonyl (C=O) groups is 1. The van der Waals surface area contributed by atoms with Crippen LogP contribution in [0.4, 0.5) is 10.5 Å². The van der Waals surface area contributed by atoms with Gasteiger partial charge in [-0.2, -0.15) is 0 Å². The fraction of sp³-hybridized carbons (Fsp3) is 0.368. The van der Waals surface area contributed by atoms with Crippen molar-refractivity contribution in [2.75, 3.05) is 31.6 Å². The van der Waals surface area contributed by atoms with Crippen LogP contribution in [0, 0.1) is 0 Å². The van der Waals surface area contributed by atoms with Crippen LogP contribution in [0.2, 0.25) is 0 Å². The van der Waals surface area contributed by atoms with E-state index >= 15 is 0 Å². The van der Waals surface area contributed by atoms with E-state index in [9.17, 15) is 4.79 Å². The van der Waals surface area contributed by atoms with Crippen molar-refractivity contribution < 1.29 is 9.53 Å². The smallest absolute Gasteiger partial charge is 0.319 e. The molecule has 0 aliphatic carbocycles. The number of amides is 2. The van der Waals surface area contributed by atoms with E-state index in [4.69, 9.17) is 4.74 Å². The monoisotopic (exact) mass is 342 g/mol. The van der Waals surface area contributed by atoms with Crippen LogP contribution < -0.4 is 15.4 Å². The summed E-state index contributed by atoms with van der Waals surface area (Å²) in [6.07, 6.45) is 1.70. The molecule has 2 rings (SSSR count). The van der Waals surface area contributed by atoms with E-state index in [0.29, 0.717) is 24.6 Å². The predicted octanol–water partition coefficient (Wildman–Crippen LogP) is 3.12. The van der Waals surface area contributed by atoms with Gasteiger partial charge in [-0.1, -0.05) is 32.0 Å². The van der Waals surface area contributed by atoms with E-state index in [-0.39, 0.29) is 6.03 Å². The Bertz CT molecular complexity index is 645. The zero-order chi connectivity index (χ0) is 17.9. The topological polar surface area (TPSA) is 66.5 Å². The van der Waals surface area contributed by atoms with E-state index in [2.05, 4.69) is 34.4 Å². The molecule has 1 heterocycles. The van der Waals surface area contributed by atoms with Gasteiger partial charge in [-0.25, -0.2) is 4.79 Å². The second-order valence-corrected chi connectivity index (χ2v) is 5.50. The molecule has 0 aliphatic rings. The SMILES string of the molecule is CCN(CC)CCOc1ccccc1NC(=O)NCc1ccccn1. The summed E-state index contributed by atoms with van der Waals surface area (Å²) in [6.45, 7) is 8.06. The Morgan fingerprint density at radius 1 is 1.12 bits per heavy atom. The molecule has 0 spiro atoms. The van der Waals surface area contributed by atoms with Crippen LogP contribution in [0.5, 0.6) is 5.75 Å². The highest BCUT2D eigenvalue weighted by Gasteiger charge is 2.08. The molecule has 0 radical (unpaired) electrons. The van der Waals surface area contributed by atoms with Crippen LogP contribution in [0.15, 0.2) is 48.7 Å². The molecule has 25 heavy (non-hydrogen) atoms. The van der Waals surface area contributed by atoms with Crippen LogP contribution in [-0.4, -0.2) is 42.2 Å². The Hall–Kier alpha value is -2.60. The molecule has 0 saturated carbocycles. The molecule has 134 valence electrons. The van der Waals surface area contributed by atoms with Crippen LogP contribution in [0.3, 0.4) is 0 Å². The molecular weight excluding hydrogens is 316 g/mol. The molecule has 2 N–H and O–H groups in total. The van der Waals surface area contributed by atoms with Gasteiger partial charge in [-0.15, -0.1) is 0 Å². The third kappa shape index (κ3) is 6.43. The first-order valence-corrected chi connectivity index (χ1v) is 8.61. The number of urea groups is 1. The van der Waals surface area contributed by atoms with Gasteiger partial charge in [0, 0.05) is 12.7 Å². The van der Waals surface area contributed by atoms with Crippen molar-refractivity contribution in [1.29, 1.82) is 0 Å². The lowest BCUT2D eigenvalue weighted by molar-refractivity contribution is 0.223. The minimum absolute atomic E-state index is 0.287. The molecule has 0 fully saturated rings. The molecule has 0 atom stereocenters. The number of ether oxygens (including phenoxy) is 1. The number of anilines is 1. The molecule has 0 aliphatic heterocycles. The van der Waals surface area contributed by atoms with Crippen LogP contribution >= 0.6 is 0 Å². The average molecular weight is 342 g/mol. The van der Waals surface area contributed by atoms with Gasteiger partial charge in [0.1, 0.15) is 12.4 Å². The minimum atomic E-state index is -0.287. The Kier molecular flexibility index (Phi) is 7.72. The molecule has 1 aromatic carbocycles. The summed E-state index contributed by atoms with van der Waals surface area (Å²) < 4.78 is 5.84. The van der Waals surface area contributed by atoms with Crippen molar-refractivity contribution in [2.24, 2.45) is 0 Å². The van der Waals surface area contributed by atoms with E-state index < -0.39 is 0 Å². The first-order valence-electron chi connectivity index (χ1n) is 8.61. The molecule has 6 nitrogen and oxygen atoms in total. The number of nitrogens with one attached hydrogen (secondary N) is 2. The molecule has 2 amide bonds. The van der Waals surface area contributed by atoms with E-state index in [1.807, 2.05) is 42.5 Å². The maximum absolute atomic E-state index is 12.1. The third-order valence-corrected chi connectivity index (χ3v) is 3.85. The maximum atomic E-state index is 12.1. The summed E-state index contributed by atoms with van der Waals surface area (Å²) >= 11 is 0. The van der Waals surface area contributed by atoms with Gasteiger partial charge >= 0.3 is 6.03 Å². The molecule has 0 bridgehead atoms. The quantitative estimate of drug-likeness (QED) is 0.735. The van der Waals surface area contributed by atoms with Crippen molar-refractivity contribution in [3.8, 4) is 5.75 Å². The molecule has 6 heteroatoms. The number of rotatable bonds is 9. The van der Waals surface area contributed by atoms with Gasteiger partial charge in [0.15, 0.2) is 0 Å². The molecule has 0 unspecified atom stereocenters. The van der Waals surface area contributed by atoms with E-state index in [1.54, 1.807) is 6.20 Å². The van der Waals surface area contributed by atoms with Crippen molar-refractivity contribution in [3.63, 3.8) is 0 Å². The van der Waals surface area contributed by atoms with Gasteiger partial charge in [0.05, 0.1) is 17.9 Å². The normalized spacial score (nSPS) is 10.5. The number of likely N-dealkylation sites (N-methyl/N-ethyl adjacent to an activating group) is 1. The van der Waals surface area contributed by atoms with Gasteiger partial charge in [0.25, 0.3) is 0 Å². The number of pyridine rings is 1. The van der Waals surface area contributed by atoms with Crippen LogP contribution in [-0.2, 0) is 6.54 Å². The predicted molar refractivity (Wildman–Crippen MR) is 99.8 cm³/mol. The lowest BCUT2D eigenvalue weighted by atomic mass is 10.3. The fourth-order valence-corrected chi connectivity index (χ4v) is 2.36. The van der Waals surface area contributed by atoms with E-state index in [0.717, 1.165) is 25.3 Å². The average Bonchev–Trinajstić information content (AvgIpc) is 2.66. The number of para-hydroxylation sites is 2. The highest BCUT2D eigenvalue weighted by Crippen LogP contribution is 2.23. The standard InChI is InChI=1S/C19H26N4O2/c1-3-23(4-2)13-14-25-18-11-6-5-10-17(18)22-19(24)21-15-16-9-7-8-12-20-16/h5-12H,3-4,13-15H2,1-2H3,(H2,21,22,24). The van der Waals surface area contributed by atoms with Crippen molar-refractivity contribution >= 4 is 11.7 Å². The van der Waals surface area contributed by atoms with E-state index in [1.165, 1.54) is 0 Å². The highest BCUT2D eigenvalue weighted by atomic mass is 16.5. The van der Waals surface area contributed by atoms with Crippen LogP contribution in [0.1, 0.15) is 19.5 Å². The number of aromatic nitrogens is 1. The minimum Gasteiger partial charge on any atom is -0.490 e. The van der Waals surface area contributed by atoms with Crippen molar-refractivity contribution in [3.05, 3.63) is 54.4 Å².